The molecule has 1 heterocycles. The van der Waals surface area contributed by atoms with E-state index in [1.54, 1.807) is 0 Å². The first-order valence-electron chi connectivity index (χ1n) is 4.90. The maximum atomic E-state index is 11.6. The van der Waals surface area contributed by atoms with Crippen molar-refractivity contribution in [3.05, 3.63) is 59.7 Å². The van der Waals surface area contributed by atoms with Crippen LogP contribution in [0.4, 0.5) is 5.69 Å². The van der Waals surface area contributed by atoms with E-state index in [1.807, 2.05) is 4.98 Å². The molecule has 0 aliphatic heterocycles. The van der Waals surface area contributed by atoms with E-state index in [1.165, 1.54) is 18.2 Å². The lowest BCUT2D eigenvalue weighted by Gasteiger charge is -2.08. The monoisotopic (exact) mass is 327 g/mol. The highest BCUT2D eigenvalue weighted by Gasteiger charge is 2.14. The summed E-state index contributed by atoms with van der Waals surface area (Å²) in [7, 11) is 0. The largest absolute Gasteiger partial charge is 0.494 e. The third-order valence-corrected chi connectivity index (χ3v) is 2.94. The lowest BCUT2D eigenvalue weighted by Crippen LogP contribution is -2.28. The number of nitrogens with zero attached hydrogens (tertiary/aromatic N) is 2. The Morgan fingerprint density at radius 1 is 1.32 bits per heavy atom. The fourth-order valence-corrected chi connectivity index (χ4v) is 2.05. The number of aromatic amines is 1. The summed E-state index contributed by atoms with van der Waals surface area (Å²) in [5.74, 6) is -0.566. The summed E-state index contributed by atoms with van der Waals surface area (Å²) < 4.78 is 1.04. The minimum Gasteiger partial charge on any atom is -0.494 e. The number of rotatable bonds is 2. The zero-order valence-electron chi connectivity index (χ0n) is 9.16. The van der Waals surface area contributed by atoms with E-state index in [0.717, 1.165) is 10.6 Å². The number of nitrogens with one attached hydrogen (secondary N) is 1. The average Bonchev–Trinajstić information content (AvgIpc) is 2.29. The Morgan fingerprint density at radius 3 is 2.53 bits per heavy atom. The van der Waals surface area contributed by atoms with Crippen LogP contribution >= 0.6 is 15.9 Å². The number of halogens is 1. The second kappa shape index (κ2) is 4.69. The van der Waals surface area contributed by atoms with Crippen LogP contribution in [-0.4, -0.2) is 19.6 Å². The van der Waals surface area contributed by atoms with E-state index in [0.29, 0.717) is 0 Å². The molecular formula is C10H6BrN3O5. The molecule has 0 aliphatic rings. The fourth-order valence-electron chi connectivity index (χ4n) is 1.51. The summed E-state index contributed by atoms with van der Waals surface area (Å²) >= 11 is 3.07. The molecule has 2 N–H and O–H groups in total. The van der Waals surface area contributed by atoms with E-state index < -0.39 is 22.1 Å². The Hall–Kier alpha value is -2.42. The summed E-state index contributed by atoms with van der Waals surface area (Å²) in [6, 6.07) is 4.47. The Morgan fingerprint density at radius 2 is 2.00 bits per heavy atom. The third kappa shape index (κ3) is 2.40. The standard InChI is InChI=1S/C10H6BrN3O5/c11-6-3-5(14(18)19)1-2-7(6)13-9(16)4-8(15)12-10(13)17/h1-4,16H,(H,12,15,17). The molecule has 0 saturated heterocycles. The molecule has 2 rings (SSSR count). The van der Waals surface area contributed by atoms with Crippen LogP contribution in [0.15, 0.2) is 38.3 Å². The molecule has 19 heavy (non-hydrogen) atoms. The number of nitro benzene ring substituents is 1. The number of nitro groups is 1. The van der Waals surface area contributed by atoms with E-state index in [2.05, 4.69) is 15.9 Å². The quantitative estimate of drug-likeness (QED) is 0.627. The van der Waals surface area contributed by atoms with Crippen LogP contribution in [0.1, 0.15) is 0 Å². The molecule has 8 nitrogen and oxygen atoms in total. The SMILES string of the molecule is O=c1cc(O)n(-c2ccc([N+](=O)[O-])cc2Br)c(=O)[nH]1. The molecule has 0 bridgehead atoms. The van der Waals surface area contributed by atoms with Crippen molar-refractivity contribution < 1.29 is 10.0 Å². The Labute approximate surface area is 113 Å². The molecular weight excluding hydrogens is 322 g/mol. The Kier molecular flexibility index (Phi) is 3.21. The summed E-state index contributed by atoms with van der Waals surface area (Å²) in [4.78, 5) is 34.6. The molecule has 0 aliphatic carbocycles. The molecule has 0 amide bonds. The van der Waals surface area contributed by atoms with Gasteiger partial charge in [-0.1, -0.05) is 0 Å². The number of hydrogen-bond acceptors (Lipinski definition) is 5. The number of H-pyrrole nitrogens is 1. The lowest BCUT2D eigenvalue weighted by molar-refractivity contribution is -0.384. The van der Waals surface area contributed by atoms with Gasteiger partial charge < -0.3 is 5.11 Å². The van der Waals surface area contributed by atoms with Gasteiger partial charge in [0.2, 0.25) is 5.88 Å². The summed E-state index contributed by atoms with van der Waals surface area (Å²) in [6.07, 6.45) is 0. The lowest BCUT2D eigenvalue weighted by atomic mass is 10.3. The Bertz CT molecular complexity index is 779. The van der Waals surface area contributed by atoms with Crippen LogP contribution in [0, 0.1) is 10.1 Å². The van der Waals surface area contributed by atoms with Gasteiger partial charge in [0.15, 0.2) is 0 Å². The second-order valence-electron chi connectivity index (χ2n) is 3.53. The zero-order valence-corrected chi connectivity index (χ0v) is 10.7. The highest BCUT2D eigenvalue weighted by atomic mass is 79.9. The molecule has 9 heteroatoms. The van der Waals surface area contributed by atoms with Gasteiger partial charge in [-0.2, -0.15) is 0 Å². The first-order valence-corrected chi connectivity index (χ1v) is 5.69. The van der Waals surface area contributed by atoms with Gasteiger partial charge in [0, 0.05) is 16.6 Å². The number of aromatic nitrogens is 2. The molecule has 0 saturated carbocycles. The first kappa shape index (κ1) is 13.0. The third-order valence-electron chi connectivity index (χ3n) is 2.31. The Balaban J connectivity index is 2.70. The van der Waals surface area contributed by atoms with E-state index in [-0.39, 0.29) is 15.8 Å². The highest BCUT2D eigenvalue weighted by Crippen LogP contribution is 2.26. The molecule has 0 radical (unpaired) electrons. The van der Waals surface area contributed by atoms with Crippen molar-refractivity contribution in [2.45, 2.75) is 0 Å². The van der Waals surface area contributed by atoms with Crippen LogP contribution in [-0.2, 0) is 0 Å². The van der Waals surface area contributed by atoms with Crippen LogP contribution in [0.25, 0.3) is 5.69 Å². The predicted octanol–water partition coefficient (Wildman–Crippen LogP) is 0.902. The van der Waals surface area contributed by atoms with E-state index >= 15 is 0 Å². The molecule has 0 fully saturated rings. The molecule has 98 valence electrons. The van der Waals surface area contributed by atoms with Crippen molar-refractivity contribution in [3.63, 3.8) is 0 Å². The number of benzene rings is 1. The van der Waals surface area contributed by atoms with Crippen molar-refractivity contribution in [1.82, 2.24) is 9.55 Å². The molecule has 0 unspecified atom stereocenters. The topological polar surface area (TPSA) is 118 Å². The number of non-ortho nitro benzene ring substituents is 1. The van der Waals surface area contributed by atoms with Gasteiger partial charge >= 0.3 is 5.69 Å². The normalized spacial score (nSPS) is 10.4. The van der Waals surface area contributed by atoms with Gasteiger partial charge in [-0.25, -0.2) is 9.36 Å². The minimum absolute atomic E-state index is 0.171. The summed E-state index contributed by atoms with van der Waals surface area (Å²) in [6.45, 7) is 0. The molecule has 0 atom stereocenters. The number of hydrogen-bond donors (Lipinski definition) is 2. The van der Waals surface area contributed by atoms with Gasteiger partial charge in [0.1, 0.15) is 0 Å². The van der Waals surface area contributed by atoms with Crippen molar-refractivity contribution in [1.29, 1.82) is 0 Å². The summed E-state index contributed by atoms with van der Waals surface area (Å²) in [5.41, 5.74) is -1.59. The fraction of sp³-hybridized carbons (Fsp3) is 0. The summed E-state index contributed by atoms with van der Waals surface area (Å²) in [5, 5.41) is 20.2. The average molecular weight is 328 g/mol. The maximum Gasteiger partial charge on any atom is 0.335 e. The second-order valence-corrected chi connectivity index (χ2v) is 4.38. The van der Waals surface area contributed by atoms with Gasteiger partial charge in [-0.15, -0.1) is 0 Å². The molecule has 1 aromatic heterocycles. The zero-order chi connectivity index (χ0) is 14.2. The van der Waals surface area contributed by atoms with Gasteiger partial charge in [-0.3, -0.25) is 19.9 Å². The smallest absolute Gasteiger partial charge is 0.335 e. The van der Waals surface area contributed by atoms with Gasteiger partial charge in [0.25, 0.3) is 11.2 Å². The van der Waals surface area contributed by atoms with Crippen molar-refractivity contribution in [2.75, 3.05) is 0 Å². The minimum atomic E-state index is -0.848. The van der Waals surface area contributed by atoms with Crippen molar-refractivity contribution in [3.8, 4) is 11.6 Å². The molecule has 2 aromatic rings. The van der Waals surface area contributed by atoms with Crippen molar-refractivity contribution >= 4 is 21.6 Å². The van der Waals surface area contributed by atoms with Crippen LogP contribution < -0.4 is 11.2 Å². The van der Waals surface area contributed by atoms with Crippen LogP contribution in [0.2, 0.25) is 0 Å². The van der Waals surface area contributed by atoms with E-state index in [4.69, 9.17) is 0 Å². The first-order chi connectivity index (χ1) is 8.90. The maximum absolute atomic E-state index is 11.6. The van der Waals surface area contributed by atoms with E-state index in [9.17, 15) is 24.8 Å². The van der Waals surface area contributed by atoms with Crippen molar-refractivity contribution in [2.24, 2.45) is 0 Å². The number of aromatic hydroxyl groups is 1. The van der Waals surface area contributed by atoms with Gasteiger partial charge in [-0.05, 0) is 22.0 Å². The highest BCUT2D eigenvalue weighted by molar-refractivity contribution is 9.10. The molecule has 0 spiro atoms. The van der Waals surface area contributed by atoms with Crippen LogP contribution in [0.5, 0.6) is 5.88 Å². The van der Waals surface area contributed by atoms with Gasteiger partial charge in [0.05, 0.1) is 16.7 Å². The predicted molar refractivity (Wildman–Crippen MR) is 68.7 cm³/mol. The van der Waals surface area contributed by atoms with Crippen LogP contribution in [0.3, 0.4) is 0 Å². The molecule has 1 aromatic carbocycles.